The average molecular weight is 157 g/mol. The molecule has 0 bridgehead atoms. The second-order valence-corrected chi connectivity index (χ2v) is 0.744. The van der Waals surface area contributed by atoms with Crippen molar-refractivity contribution in [2.75, 3.05) is 0 Å². The molecule has 33 valence electrons. The van der Waals surface area contributed by atoms with Crippen LogP contribution >= 0.6 is 0 Å². The smallest absolute Gasteiger partial charge is 0 e. The maximum atomic E-state index is 2.86. The van der Waals surface area contributed by atoms with Gasteiger partial charge in [-0.15, -0.1) is 0 Å². The molecular weight excluding hydrogens is 149 g/mol. The molecule has 0 saturated heterocycles. The standard InChI is InChI=1S/C5H8.Y/c1-3-5-4-2;/h3-4H,1-2H3;/q-2;. The Morgan fingerprint density at radius 3 is 1.50 bits per heavy atom. The van der Waals surface area contributed by atoms with Crippen molar-refractivity contribution >= 4 is 0 Å². The van der Waals surface area contributed by atoms with E-state index >= 15 is 0 Å². The van der Waals surface area contributed by atoms with E-state index in [2.05, 4.69) is 6.42 Å². The van der Waals surface area contributed by atoms with Crippen molar-refractivity contribution in [2.24, 2.45) is 0 Å². The maximum absolute atomic E-state index is 2.86. The van der Waals surface area contributed by atoms with Crippen molar-refractivity contribution in [3.05, 3.63) is 19.3 Å². The van der Waals surface area contributed by atoms with Crippen molar-refractivity contribution < 1.29 is 32.7 Å². The van der Waals surface area contributed by atoms with Crippen LogP contribution in [0.1, 0.15) is 13.8 Å². The van der Waals surface area contributed by atoms with Gasteiger partial charge >= 0.3 is 0 Å². The third-order valence-corrected chi connectivity index (χ3v) is 0.333. The number of hydrogen-bond acceptors (Lipinski definition) is 0. The summed E-state index contributed by atoms with van der Waals surface area (Å²) in [6.45, 7) is 3.89. The quantitative estimate of drug-likeness (QED) is 0.533. The topological polar surface area (TPSA) is 0 Å². The normalized spacial score (nSPS) is 7.00. The van der Waals surface area contributed by atoms with Gasteiger partial charge in [-0.2, -0.15) is 13.8 Å². The Balaban J connectivity index is 0. The molecule has 0 aliphatic carbocycles. The molecule has 0 N–H and O–H groups in total. The first kappa shape index (κ1) is 10.2. The first-order chi connectivity index (χ1) is 2.41. The molecule has 0 saturated carbocycles. The van der Waals surface area contributed by atoms with Gasteiger partial charge in [-0.3, -0.25) is 0 Å². The van der Waals surface area contributed by atoms with Gasteiger partial charge in [0.05, 0.1) is 0 Å². The molecule has 6 heavy (non-hydrogen) atoms. The predicted molar refractivity (Wildman–Crippen MR) is 23.2 cm³/mol. The van der Waals surface area contributed by atoms with Gasteiger partial charge in [0.25, 0.3) is 0 Å². The fourth-order valence-corrected chi connectivity index (χ4v) is 0.167. The number of rotatable bonds is 2. The van der Waals surface area contributed by atoms with E-state index in [1.165, 1.54) is 0 Å². The van der Waals surface area contributed by atoms with Crippen molar-refractivity contribution in [3.63, 3.8) is 0 Å². The zero-order valence-electron chi connectivity index (χ0n) is 4.23. The molecule has 0 unspecified atom stereocenters. The first-order valence-electron chi connectivity index (χ1n) is 1.73. The fourth-order valence-electron chi connectivity index (χ4n) is 0.167. The molecule has 0 nitrogen and oxygen atoms in total. The molecule has 0 spiro atoms. The van der Waals surface area contributed by atoms with Gasteiger partial charge in [0, 0.05) is 32.7 Å². The summed E-state index contributed by atoms with van der Waals surface area (Å²) in [4.78, 5) is 0. The molecule has 0 rings (SSSR count). The second-order valence-electron chi connectivity index (χ2n) is 0.744. The van der Waals surface area contributed by atoms with E-state index in [1.54, 1.807) is 0 Å². The Morgan fingerprint density at radius 1 is 1.17 bits per heavy atom. The van der Waals surface area contributed by atoms with Crippen LogP contribution in [0, 0.1) is 19.3 Å². The Kier molecular flexibility index (Phi) is 16.0. The van der Waals surface area contributed by atoms with Crippen LogP contribution < -0.4 is 0 Å². The van der Waals surface area contributed by atoms with Gasteiger partial charge in [0.2, 0.25) is 0 Å². The van der Waals surface area contributed by atoms with Crippen LogP contribution in [-0.4, -0.2) is 0 Å². The molecule has 1 heteroatoms. The van der Waals surface area contributed by atoms with Crippen LogP contribution in [0.4, 0.5) is 0 Å². The van der Waals surface area contributed by atoms with Crippen LogP contribution in [0.3, 0.4) is 0 Å². The third kappa shape index (κ3) is 8.92. The summed E-state index contributed by atoms with van der Waals surface area (Å²) in [5.41, 5.74) is 0. The molecule has 0 atom stereocenters. The number of unbranched alkanes of at least 4 members (excludes halogenated alkanes) is 2. The van der Waals surface area contributed by atoms with Crippen LogP contribution in [0.25, 0.3) is 0 Å². The van der Waals surface area contributed by atoms with E-state index < -0.39 is 0 Å². The SMILES string of the molecule is C[CH-][C][CH-]C.[Y]. The molecular formula is C5H8Y-2. The molecule has 0 aliphatic heterocycles. The van der Waals surface area contributed by atoms with Gasteiger partial charge < -0.3 is 19.3 Å². The molecule has 0 aromatic carbocycles. The van der Waals surface area contributed by atoms with E-state index in [0.29, 0.717) is 0 Å². The summed E-state index contributed by atoms with van der Waals surface area (Å²) >= 11 is 0. The predicted octanol–water partition coefficient (Wildman–Crippen LogP) is 1.51. The van der Waals surface area contributed by atoms with Crippen LogP contribution in [0.2, 0.25) is 0 Å². The van der Waals surface area contributed by atoms with E-state index in [1.807, 2.05) is 26.7 Å². The van der Waals surface area contributed by atoms with Gasteiger partial charge in [-0.25, -0.2) is 0 Å². The molecule has 0 aromatic heterocycles. The summed E-state index contributed by atoms with van der Waals surface area (Å²) < 4.78 is 0. The summed E-state index contributed by atoms with van der Waals surface area (Å²) in [5, 5.41) is 0. The minimum atomic E-state index is 0. The Morgan fingerprint density at radius 2 is 1.50 bits per heavy atom. The third-order valence-electron chi connectivity index (χ3n) is 0.333. The monoisotopic (exact) mass is 157 g/mol. The van der Waals surface area contributed by atoms with Crippen LogP contribution in [0.15, 0.2) is 0 Å². The molecule has 3 radical (unpaired) electrons. The summed E-state index contributed by atoms with van der Waals surface area (Å²) in [6, 6.07) is 0. The van der Waals surface area contributed by atoms with Gasteiger partial charge in [0.1, 0.15) is 0 Å². The van der Waals surface area contributed by atoms with E-state index in [4.69, 9.17) is 0 Å². The zero-order valence-corrected chi connectivity index (χ0v) is 7.07. The molecule has 0 aliphatic rings. The van der Waals surface area contributed by atoms with Crippen LogP contribution in [0.5, 0.6) is 0 Å². The van der Waals surface area contributed by atoms with Gasteiger partial charge in [0.15, 0.2) is 0 Å². The van der Waals surface area contributed by atoms with Gasteiger partial charge in [-0.1, -0.05) is 0 Å². The van der Waals surface area contributed by atoms with Crippen molar-refractivity contribution in [3.8, 4) is 0 Å². The Labute approximate surface area is 65.6 Å². The molecule has 0 amide bonds. The first-order valence-corrected chi connectivity index (χ1v) is 1.73. The Hall–Kier alpha value is 1.10. The minimum absolute atomic E-state index is 0. The summed E-state index contributed by atoms with van der Waals surface area (Å²) in [5.74, 6) is 0. The van der Waals surface area contributed by atoms with E-state index in [0.717, 1.165) is 0 Å². The molecule has 0 aromatic rings. The number of hydrogen-bond donors (Lipinski definition) is 0. The second kappa shape index (κ2) is 9.44. The average Bonchev–Trinajstić information content (AvgIpc) is 1.41. The fraction of sp³-hybridized carbons (Fsp3) is 0.400. The minimum Gasteiger partial charge on any atom is -0.394 e. The van der Waals surface area contributed by atoms with Crippen molar-refractivity contribution in [2.45, 2.75) is 13.8 Å². The zero-order chi connectivity index (χ0) is 4.12. The van der Waals surface area contributed by atoms with Crippen LogP contribution in [-0.2, 0) is 32.7 Å². The van der Waals surface area contributed by atoms with Gasteiger partial charge in [-0.05, 0) is 0 Å². The largest absolute Gasteiger partial charge is 0.394 e. The van der Waals surface area contributed by atoms with Crippen molar-refractivity contribution in [1.82, 2.24) is 0 Å². The molecule has 0 heterocycles. The summed E-state index contributed by atoms with van der Waals surface area (Å²) in [7, 11) is 0. The molecule has 0 fully saturated rings. The van der Waals surface area contributed by atoms with E-state index in [9.17, 15) is 0 Å². The van der Waals surface area contributed by atoms with E-state index in [-0.39, 0.29) is 32.7 Å². The van der Waals surface area contributed by atoms with Crippen molar-refractivity contribution in [1.29, 1.82) is 0 Å². The Bertz CT molecular complexity index is 11.4. The maximum Gasteiger partial charge on any atom is 0 e. The summed E-state index contributed by atoms with van der Waals surface area (Å²) in [6.07, 6.45) is 6.61.